The van der Waals surface area contributed by atoms with Crippen molar-refractivity contribution in [3.05, 3.63) is 23.8 Å². The third-order valence-corrected chi connectivity index (χ3v) is 2.89. The summed E-state index contributed by atoms with van der Waals surface area (Å²) in [6.45, 7) is 3.98. The molecule has 16 heavy (non-hydrogen) atoms. The summed E-state index contributed by atoms with van der Waals surface area (Å²) < 4.78 is 5.59. The van der Waals surface area contributed by atoms with E-state index in [0.29, 0.717) is 5.69 Å². The molecule has 3 heteroatoms. The molecule has 1 aliphatic carbocycles. The number of rotatable bonds is 4. The van der Waals surface area contributed by atoms with E-state index in [9.17, 15) is 0 Å². The Kier molecular flexibility index (Phi) is 2.80. The molecule has 0 bridgehead atoms. The number of benzene rings is 1. The van der Waals surface area contributed by atoms with Crippen LogP contribution in [0.25, 0.3) is 0 Å². The average Bonchev–Trinajstić information content (AvgIpc) is 2.88. The molecule has 3 nitrogen and oxygen atoms in total. The summed E-state index contributed by atoms with van der Waals surface area (Å²) in [6, 6.07) is 5.97. The van der Waals surface area contributed by atoms with Gasteiger partial charge < -0.3 is 16.2 Å². The van der Waals surface area contributed by atoms with Crippen LogP contribution < -0.4 is 16.2 Å². The average molecular weight is 220 g/mol. The number of ether oxygens (including phenoxy) is 1. The van der Waals surface area contributed by atoms with Crippen molar-refractivity contribution in [2.45, 2.75) is 44.8 Å². The zero-order chi connectivity index (χ0) is 11.8. The second-order valence-corrected chi connectivity index (χ2v) is 5.08. The van der Waals surface area contributed by atoms with Gasteiger partial charge in [-0.3, -0.25) is 0 Å². The predicted molar refractivity (Wildman–Crippen MR) is 66.5 cm³/mol. The van der Waals surface area contributed by atoms with Crippen molar-refractivity contribution in [2.75, 3.05) is 5.73 Å². The van der Waals surface area contributed by atoms with Crippen molar-refractivity contribution >= 4 is 5.69 Å². The van der Waals surface area contributed by atoms with E-state index in [0.717, 1.165) is 25.0 Å². The molecule has 1 saturated carbocycles. The minimum Gasteiger partial charge on any atom is -0.489 e. The lowest BCUT2D eigenvalue weighted by molar-refractivity contribution is 0.244. The Labute approximate surface area is 96.8 Å². The fourth-order valence-electron chi connectivity index (χ4n) is 1.81. The molecule has 0 heterocycles. The summed E-state index contributed by atoms with van der Waals surface area (Å²) in [5.41, 5.74) is 14.0. The van der Waals surface area contributed by atoms with Crippen LogP contribution in [0.4, 0.5) is 5.69 Å². The molecule has 88 valence electrons. The summed E-state index contributed by atoms with van der Waals surface area (Å²) in [7, 11) is 0. The largest absolute Gasteiger partial charge is 0.489 e. The molecule has 0 aromatic heterocycles. The van der Waals surface area contributed by atoms with E-state index in [4.69, 9.17) is 16.2 Å². The molecular formula is C13H20N2O. The van der Waals surface area contributed by atoms with Gasteiger partial charge in [-0.2, -0.15) is 0 Å². The summed E-state index contributed by atoms with van der Waals surface area (Å²) in [4.78, 5) is 0. The molecule has 0 atom stereocenters. The predicted octanol–water partition coefficient (Wildman–Crippen LogP) is 2.09. The number of nitrogen functional groups attached to an aromatic ring is 1. The first kappa shape index (κ1) is 11.3. The quantitative estimate of drug-likeness (QED) is 0.764. The van der Waals surface area contributed by atoms with Crippen LogP contribution in [0.2, 0.25) is 0 Å². The van der Waals surface area contributed by atoms with Gasteiger partial charge in [-0.05, 0) is 50.8 Å². The van der Waals surface area contributed by atoms with Crippen LogP contribution in [-0.4, -0.2) is 11.6 Å². The van der Waals surface area contributed by atoms with Gasteiger partial charge in [-0.15, -0.1) is 0 Å². The van der Waals surface area contributed by atoms with E-state index in [1.807, 2.05) is 26.0 Å². The van der Waals surface area contributed by atoms with Gasteiger partial charge in [0.05, 0.1) is 11.8 Å². The van der Waals surface area contributed by atoms with Gasteiger partial charge in [0, 0.05) is 5.54 Å². The highest BCUT2D eigenvalue weighted by atomic mass is 16.5. The van der Waals surface area contributed by atoms with Crippen molar-refractivity contribution in [1.29, 1.82) is 0 Å². The Morgan fingerprint density at radius 1 is 1.38 bits per heavy atom. The van der Waals surface area contributed by atoms with E-state index in [2.05, 4.69) is 6.07 Å². The Bertz CT molecular complexity index is 384. The van der Waals surface area contributed by atoms with Crippen molar-refractivity contribution in [3.8, 4) is 5.75 Å². The number of hydrogen-bond donors (Lipinski definition) is 2. The van der Waals surface area contributed by atoms with Crippen molar-refractivity contribution < 1.29 is 4.74 Å². The second-order valence-electron chi connectivity index (χ2n) is 5.08. The molecule has 4 N–H and O–H groups in total. The van der Waals surface area contributed by atoms with Crippen LogP contribution in [0.5, 0.6) is 5.75 Å². The minimum atomic E-state index is 0.0346. The SMILES string of the molecule is CC(C)Oc1ccc(CC2(N)CC2)cc1N. The maximum atomic E-state index is 6.08. The zero-order valence-electron chi connectivity index (χ0n) is 9.99. The first-order chi connectivity index (χ1) is 7.48. The lowest BCUT2D eigenvalue weighted by Gasteiger charge is -2.14. The zero-order valence-corrected chi connectivity index (χ0v) is 9.99. The molecule has 1 aromatic rings. The lowest BCUT2D eigenvalue weighted by atomic mass is 10.0. The van der Waals surface area contributed by atoms with Gasteiger partial charge in [-0.25, -0.2) is 0 Å². The first-order valence-electron chi connectivity index (χ1n) is 5.82. The molecular weight excluding hydrogens is 200 g/mol. The normalized spacial score (nSPS) is 17.5. The van der Waals surface area contributed by atoms with Gasteiger partial charge in [0.25, 0.3) is 0 Å². The Morgan fingerprint density at radius 3 is 2.56 bits per heavy atom. The summed E-state index contributed by atoms with van der Waals surface area (Å²) in [5, 5.41) is 0. The Hall–Kier alpha value is -1.22. The highest BCUT2D eigenvalue weighted by molar-refractivity contribution is 5.54. The molecule has 0 saturated heterocycles. The number of hydrogen-bond acceptors (Lipinski definition) is 3. The smallest absolute Gasteiger partial charge is 0.142 e. The molecule has 1 aliphatic rings. The van der Waals surface area contributed by atoms with E-state index in [1.54, 1.807) is 0 Å². The second kappa shape index (κ2) is 3.98. The fraction of sp³-hybridized carbons (Fsp3) is 0.538. The third-order valence-electron chi connectivity index (χ3n) is 2.89. The van der Waals surface area contributed by atoms with Crippen LogP contribution in [0, 0.1) is 0 Å². The van der Waals surface area contributed by atoms with Gasteiger partial charge in [0.15, 0.2) is 0 Å². The monoisotopic (exact) mass is 220 g/mol. The van der Waals surface area contributed by atoms with E-state index >= 15 is 0 Å². The van der Waals surface area contributed by atoms with Gasteiger partial charge in [0.2, 0.25) is 0 Å². The topological polar surface area (TPSA) is 61.3 Å². The highest BCUT2D eigenvalue weighted by Crippen LogP contribution is 2.36. The third kappa shape index (κ3) is 2.67. The summed E-state index contributed by atoms with van der Waals surface area (Å²) in [5.74, 6) is 0.764. The number of nitrogens with two attached hydrogens (primary N) is 2. The van der Waals surface area contributed by atoms with Crippen molar-refractivity contribution in [2.24, 2.45) is 5.73 Å². The van der Waals surface area contributed by atoms with E-state index in [-0.39, 0.29) is 11.6 Å². The van der Waals surface area contributed by atoms with Crippen LogP contribution in [0.1, 0.15) is 32.3 Å². The molecule has 2 rings (SSSR count). The van der Waals surface area contributed by atoms with Gasteiger partial charge in [-0.1, -0.05) is 6.07 Å². The van der Waals surface area contributed by atoms with Crippen LogP contribution in [0.3, 0.4) is 0 Å². The standard InChI is InChI=1S/C13H20N2O/c1-9(2)16-12-4-3-10(7-11(12)14)8-13(15)5-6-13/h3-4,7,9H,5-6,8,14-15H2,1-2H3. The number of anilines is 1. The Balaban J connectivity index is 2.09. The Morgan fingerprint density at radius 2 is 2.06 bits per heavy atom. The molecule has 0 amide bonds. The maximum absolute atomic E-state index is 6.08. The summed E-state index contributed by atoms with van der Waals surface area (Å²) in [6.07, 6.45) is 3.31. The van der Waals surface area contributed by atoms with Crippen LogP contribution in [-0.2, 0) is 6.42 Å². The molecule has 1 fully saturated rings. The molecule has 0 unspecified atom stereocenters. The lowest BCUT2D eigenvalue weighted by Crippen LogP contribution is -2.24. The van der Waals surface area contributed by atoms with E-state index < -0.39 is 0 Å². The minimum absolute atomic E-state index is 0.0346. The summed E-state index contributed by atoms with van der Waals surface area (Å²) >= 11 is 0. The molecule has 1 aromatic carbocycles. The van der Waals surface area contributed by atoms with Crippen LogP contribution in [0.15, 0.2) is 18.2 Å². The van der Waals surface area contributed by atoms with Crippen LogP contribution >= 0.6 is 0 Å². The first-order valence-corrected chi connectivity index (χ1v) is 5.82. The van der Waals surface area contributed by atoms with Gasteiger partial charge >= 0.3 is 0 Å². The van der Waals surface area contributed by atoms with Crippen molar-refractivity contribution in [1.82, 2.24) is 0 Å². The molecule has 0 radical (unpaired) electrons. The highest BCUT2D eigenvalue weighted by Gasteiger charge is 2.37. The van der Waals surface area contributed by atoms with E-state index in [1.165, 1.54) is 5.56 Å². The fourth-order valence-corrected chi connectivity index (χ4v) is 1.81. The molecule has 0 spiro atoms. The maximum Gasteiger partial charge on any atom is 0.142 e. The molecule has 0 aliphatic heterocycles. The van der Waals surface area contributed by atoms with Crippen molar-refractivity contribution in [3.63, 3.8) is 0 Å². The van der Waals surface area contributed by atoms with Gasteiger partial charge in [0.1, 0.15) is 5.75 Å².